The number of benzene rings is 1. The zero-order valence-corrected chi connectivity index (χ0v) is 16.2. The van der Waals surface area contributed by atoms with Gasteiger partial charge in [-0.05, 0) is 46.2 Å². The van der Waals surface area contributed by atoms with Crippen molar-refractivity contribution < 1.29 is 19.1 Å². The predicted molar refractivity (Wildman–Crippen MR) is 99.6 cm³/mol. The Labute approximate surface area is 155 Å². The minimum atomic E-state index is -0.541. The molecule has 1 fully saturated rings. The van der Waals surface area contributed by atoms with Gasteiger partial charge in [0.05, 0.1) is 12.0 Å². The molecule has 1 saturated heterocycles. The normalized spacial score (nSPS) is 20.6. The topological polar surface area (TPSA) is 67.9 Å². The Bertz CT molecular complexity index is 612. The van der Waals surface area contributed by atoms with Crippen molar-refractivity contribution in [3.8, 4) is 0 Å². The summed E-state index contributed by atoms with van der Waals surface area (Å²) in [6, 6.07) is 10.2. The van der Waals surface area contributed by atoms with Crippen LogP contribution in [0.15, 0.2) is 30.3 Å². The molecule has 6 heteroatoms. The van der Waals surface area contributed by atoms with Crippen molar-refractivity contribution in [1.82, 2.24) is 10.2 Å². The van der Waals surface area contributed by atoms with Crippen molar-refractivity contribution >= 4 is 12.1 Å². The summed E-state index contributed by atoms with van der Waals surface area (Å²) in [5, 5.41) is 2.59. The van der Waals surface area contributed by atoms with Crippen molar-refractivity contribution in [1.29, 1.82) is 0 Å². The fourth-order valence-electron chi connectivity index (χ4n) is 2.98. The quantitative estimate of drug-likeness (QED) is 0.622. The predicted octanol–water partition coefficient (Wildman–Crippen LogP) is 2.97. The Balaban J connectivity index is 1.71. The number of nitrogens with one attached hydrogen (secondary N) is 1. The van der Waals surface area contributed by atoms with Gasteiger partial charge in [0.15, 0.2) is 0 Å². The van der Waals surface area contributed by atoms with Crippen LogP contribution in [0.5, 0.6) is 0 Å². The van der Waals surface area contributed by atoms with Crippen LogP contribution in [0.4, 0.5) is 4.79 Å². The molecule has 1 aliphatic heterocycles. The lowest BCUT2D eigenvalue weighted by Crippen LogP contribution is -2.37. The molecule has 0 saturated carbocycles. The molecule has 0 bridgehead atoms. The zero-order valence-electron chi connectivity index (χ0n) is 16.2. The Morgan fingerprint density at radius 3 is 2.58 bits per heavy atom. The lowest BCUT2D eigenvalue weighted by Gasteiger charge is -2.23. The number of hydrogen-bond acceptors (Lipinski definition) is 5. The lowest BCUT2D eigenvalue weighted by molar-refractivity contribution is -0.154. The van der Waals surface area contributed by atoms with Crippen LogP contribution in [-0.4, -0.2) is 48.8 Å². The largest absolute Gasteiger partial charge is 0.463 e. The Hall–Kier alpha value is -2.08. The number of esters is 1. The summed E-state index contributed by atoms with van der Waals surface area (Å²) in [6.45, 7) is 10.1. The Morgan fingerprint density at radius 1 is 1.23 bits per heavy atom. The average Bonchev–Trinajstić information content (AvgIpc) is 2.93. The highest BCUT2D eigenvalue weighted by molar-refractivity contribution is 5.77. The molecule has 0 radical (unpaired) electrons. The fourth-order valence-corrected chi connectivity index (χ4v) is 2.98. The maximum atomic E-state index is 12.4. The van der Waals surface area contributed by atoms with Gasteiger partial charge in [0, 0.05) is 13.1 Å². The van der Waals surface area contributed by atoms with Gasteiger partial charge in [-0.3, -0.25) is 9.69 Å². The van der Waals surface area contributed by atoms with Crippen LogP contribution in [0.3, 0.4) is 0 Å². The third-order valence-corrected chi connectivity index (χ3v) is 4.30. The number of amides is 1. The molecule has 6 nitrogen and oxygen atoms in total. The molecule has 1 atom stereocenters. The second kappa shape index (κ2) is 8.54. The van der Waals surface area contributed by atoms with E-state index in [1.165, 1.54) is 5.56 Å². The number of likely N-dealkylation sites (tertiary alicyclic amines) is 1. The van der Waals surface area contributed by atoms with Crippen LogP contribution in [-0.2, 0) is 20.8 Å². The number of carbonyl (C=O) groups excluding carboxylic acids is 2. The van der Waals surface area contributed by atoms with Gasteiger partial charge in [-0.25, -0.2) is 4.79 Å². The SMILES string of the molecule is CC(C)(C)OC(=O)NCCOC(=O)C1(C)CCN(Cc2ccccc2)C1. The van der Waals surface area contributed by atoms with Crippen LogP contribution >= 0.6 is 0 Å². The number of nitrogens with zero attached hydrogens (tertiary/aromatic N) is 1. The first-order valence-corrected chi connectivity index (χ1v) is 9.08. The van der Waals surface area contributed by atoms with Gasteiger partial charge in [-0.1, -0.05) is 30.3 Å². The molecule has 1 aromatic carbocycles. The number of ether oxygens (including phenoxy) is 2. The van der Waals surface area contributed by atoms with Crippen molar-refractivity contribution in [2.75, 3.05) is 26.2 Å². The second-order valence-electron chi connectivity index (χ2n) is 8.07. The van der Waals surface area contributed by atoms with E-state index in [0.29, 0.717) is 6.54 Å². The third-order valence-electron chi connectivity index (χ3n) is 4.30. The minimum Gasteiger partial charge on any atom is -0.463 e. The molecule has 144 valence electrons. The highest BCUT2D eigenvalue weighted by Gasteiger charge is 2.41. The summed E-state index contributed by atoms with van der Waals surface area (Å²) in [4.78, 5) is 26.3. The number of carbonyl (C=O) groups is 2. The van der Waals surface area contributed by atoms with Crippen LogP contribution < -0.4 is 5.32 Å². The summed E-state index contributed by atoms with van der Waals surface area (Å²) < 4.78 is 10.5. The summed E-state index contributed by atoms with van der Waals surface area (Å²) in [7, 11) is 0. The van der Waals surface area contributed by atoms with E-state index in [2.05, 4.69) is 22.3 Å². The van der Waals surface area contributed by atoms with E-state index in [0.717, 1.165) is 19.5 Å². The van der Waals surface area contributed by atoms with Gasteiger partial charge < -0.3 is 14.8 Å². The van der Waals surface area contributed by atoms with Crippen LogP contribution in [0.25, 0.3) is 0 Å². The van der Waals surface area contributed by atoms with E-state index < -0.39 is 17.1 Å². The molecule has 1 heterocycles. The summed E-state index contributed by atoms with van der Waals surface area (Å²) in [5.41, 5.74) is 0.202. The highest BCUT2D eigenvalue weighted by atomic mass is 16.6. The molecule has 26 heavy (non-hydrogen) atoms. The van der Waals surface area contributed by atoms with E-state index in [4.69, 9.17) is 9.47 Å². The standard InChI is InChI=1S/C20H30N2O4/c1-19(2,3)26-18(24)21-11-13-25-17(23)20(4)10-12-22(15-20)14-16-8-6-5-7-9-16/h5-9H,10-15H2,1-4H3,(H,21,24). The van der Waals surface area contributed by atoms with Crippen LogP contribution in [0.2, 0.25) is 0 Å². The van der Waals surface area contributed by atoms with Gasteiger partial charge in [-0.15, -0.1) is 0 Å². The van der Waals surface area contributed by atoms with Crippen LogP contribution in [0.1, 0.15) is 39.7 Å². The van der Waals surface area contributed by atoms with E-state index in [9.17, 15) is 9.59 Å². The number of hydrogen-bond donors (Lipinski definition) is 1. The van der Waals surface area contributed by atoms with E-state index in [-0.39, 0.29) is 19.1 Å². The lowest BCUT2D eigenvalue weighted by atomic mass is 9.90. The average molecular weight is 362 g/mol. The fraction of sp³-hybridized carbons (Fsp3) is 0.600. The molecule has 2 rings (SSSR count). The molecule has 1 aromatic rings. The third kappa shape index (κ3) is 6.33. The first-order chi connectivity index (χ1) is 12.2. The molecule has 1 N–H and O–H groups in total. The monoisotopic (exact) mass is 362 g/mol. The first kappa shape index (κ1) is 20.2. The van der Waals surface area contributed by atoms with E-state index in [1.807, 2.05) is 25.1 Å². The van der Waals surface area contributed by atoms with Gasteiger partial charge in [0.1, 0.15) is 12.2 Å². The van der Waals surface area contributed by atoms with Gasteiger partial charge in [0.2, 0.25) is 0 Å². The smallest absolute Gasteiger partial charge is 0.407 e. The summed E-state index contributed by atoms with van der Waals surface area (Å²) in [5.74, 6) is -0.209. The first-order valence-electron chi connectivity index (χ1n) is 9.08. The van der Waals surface area contributed by atoms with Crippen molar-refractivity contribution in [2.24, 2.45) is 5.41 Å². The molecule has 0 aliphatic carbocycles. The summed E-state index contributed by atoms with van der Waals surface area (Å²) in [6.07, 6.45) is 0.271. The second-order valence-corrected chi connectivity index (χ2v) is 8.07. The van der Waals surface area contributed by atoms with Crippen molar-refractivity contribution in [2.45, 2.75) is 46.3 Å². The molecule has 1 aliphatic rings. The van der Waals surface area contributed by atoms with Crippen LogP contribution in [0, 0.1) is 5.41 Å². The van der Waals surface area contributed by atoms with Gasteiger partial charge in [0.25, 0.3) is 0 Å². The molecule has 1 amide bonds. The van der Waals surface area contributed by atoms with Gasteiger partial charge >= 0.3 is 12.1 Å². The molecule has 1 unspecified atom stereocenters. The Morgan fingerprint density at radius 2 is 1.92 bits per heavy atom. The van der Waals surface area contributed by atoms with Crippen molar-refractivity contribution in [3.63, 3.8) is 0 Å². The molecule has 0 spiro atoms. The minimum absolute atomic E-state index is 0.145. The molecular formula is C20H30N2O4. The zero-order chi connectivity index (χ0) is 19.2. The summed E-state index contributed by atoms with van der Waals surface area (Å²) >= 11 is 0. The van der Waals surface area contributed by atoms with Gasteiger partial charge in [-0.2, -0.15) is 0 Å². The highest BCUT2D eigenvalue weighted by Crippen LogP contribution is 2.32. The van der Waals surface area contributed by atoms with Crippen molar-refractivity contribution in [3.05, 3.63) is 35.9 Å². The maximum absolute atomic E-state index is 12.4. The Kier molecular flexibility index (Phi) is 6.64. The molecule has 0 aromatic heterocycles. The maximum Gasteiger partial charge on any atom is 0.407 e. The molecular weight excluding hydrogens is 332 g/mol. The number of rotatable bonds is 6. The number of alkyl carbamates (subject to hydrolysis) is 1. The van der Waals surface area contributed by atoms with E-state index in [1.54, 1.807) is 20.8 Å². The van der Waals surface area contributed by atoms with E-state index >= 15 is 0 Å².